The second-order valence-corrected chi connectivity index (χ2v) is 9.64. The summed E-state index contributed by atoms with van der Waals surface area (Å²) in [6, 6.07) is 12.0. The zero-order valence-corrected chi connectivity index (χ0v) is 20.8. The van der Waals surface area contributed by atoms with E-state index in [0.29, 0.717) is 24.5 Å². The van der Waals surface area contributed by atoms with Crippen LogP contribution in [0.15, 0.2) is 55.0 Å². The fourth-order valence-corrected chi connectivity index (χ4v) is 5.30. The van der Waals surface area contributed by atoms with Gasteiger partial charge in [-0.15, -0.1) is 0 Å². The van der Waals surface area contributed by atoms with Crippen molar-refractivity contribution >= 4 is 28.5 Å². The predicted octanol–water partition coefficient (Wildman–Crippen LogP) is 6.66. The monoisotopic (exact) mass is 522 g/mol. The van der Waals surface area contributed by atoms with E-state index in [1.807, 2.05) is 40.0 Å². The normalized spacial score (nSPS) is 13.8. The highest BCUT2D eigenvalue weighted by molar-refractivity contribution is 6.35. The lowest BCUT2D eigenvalue weighted by atomic mass is 9.98. The Balaban J connectivity index is 1.53. The van der Waals surface area contributed by atoms with Crippen LogP contribution in [0.2, 0.25) is 5.02 Å². The topological polar surface area (TPSA) is 62.6 Å². The van der Waals surface area contributed by atoms with Gasteiger partial charge in [0.05, 0.1) is 33.2 Å². The van der Waals surface area contributed by atoms with Crippen LogP contribution in [-0.2, 0) is 19.1 Å². The lowest BCUT2D eigenvalue weighted by Gasteiger charge is -2.27. The zero-order chi connectivity index (χ0) is 25.9. The maximum Gasteiger partial charge on any atom is 0.419 e. The number of benzene rings is 2. The lowest BCUT2D eigenvalue weighted by Crippen LogP contribution is -2.31. The molecule has 0 saturated heterocycles. The fourth-order valence-electron chi connectivity index (χ4n) is 5.08. The van der Waals surface area contributed by atoms with Gasteiger partial charge in [-0.05, 0) is 37.1 Å². The number of aromatic amines is 1. The summed E-state index contributed by atoms with van der Waals surface area (Å²) in [5.41, 5.74) is 6.96. The van der Waals surface area contributed by atoms with Gasteiger partial charge < -0.3 is 9.88 Å². The largest absolute Gasteiger partial charge is 0.419 e. The maximum atomic E-state index is 13.0. The Morgan fingerprint density at radius 3 is 2.43 bits per heavy atom. The third-order valence-corrected chi connectivity index (χ3v) is 7.18. The molecule has 188 valence electrons. The van der Waals surface area contributed by atoms with Crippen molar-refractivity contribution in [3.63, 3.8) is 0 Å². The average molecular weight is 523 g/mol. The van der Waals surface area contributed by atoms with Gasteiger partial charge in [0.15, 0.2) is 0 Å². The van der Waals surface area contributed by atoms with E-state index in [4.69, 9.17) is 16.7 Å². The van der Waals surface area contributed by atoms with Gasteiger partial charge in [-0.25, -0.2) is 14.6 Å². The summed E-state index contributed by atoms with van der Waals surface area (Å²) in [7, 11) is 0. The minimum absolute atomic E-state index is 0.257. The molecule has 0 unspecified atom stereocenters. The number of nitrogens with one attached hydrogen (secondary N) is 1. The summed E-state index contributed by atoms with van der Waals surface area (Å²) in [6.45, 7) is 5.07. The number of fused-ring (bicyclic) bond motifs is 2. The third kappa shape index (κ3) is 3.94. The molecule has 3 aromatic heterocycles. The van der Waals surface area contributed by atoms with Crippen molar-refractivity contribution in [1.29, 1.82) is 0 Å². The van der Waals surface area contributed by atoms with Crippen LogP contribution in [0.5, 0.6) is 0 Å². The number of para-hydroxylation sites is 1. The molecule has 0 bridgehead atoms. The van der Waals surface area contributed by atoms with E-state index in [-0.39, 0.29) is 5.95 Å². The number of aryl methyl sites for hydroxylation is 2. The van der Waals surface area contributed by atoms with Gasteiger partial charge in [0.1, 0.15) is 0 Å². The number of hydrogen-bond acceptors (Lipinski definition) is 4. The number of nitrogens with zero attached hydrogens (tertiary/aromatic N) is 5. The maximum absolute atomic E-state index is 13.0. The Kier molecular flexibility index (Phi) is 5.49. The molecule has 0 aliphatic carbocycles. The van der Waals surface area contributed by atoms with Crippen LogP contribution in [0.3, 0.4) is 0 Å². The fraction of sp³-hybridized carbons (Fsp3) is 0.222. The van der Waals surface area contributed by atoms with E-state index >= 15 is 0 Å². The molecule has 0 atom stereocenters. The number of anilines is 1. The van der Waals surface area contributed by atoms with Gasteiger partial charge >= 0.3 is 6.18 Å². The van der Waals surface area contributed by atoms with Crippen molar-refractivity contribution in [2.75, 3.05) is 11.4 Å². The van der Waals surface area contributed by atoms with Crippen molar-refractivity contribution in [3.05, 3.63) is 88.0 Å². The number of halogens is 4. The first-order chi connectivity index (χ1) is 17.7. The second kappa shape index (κ2) is 8.62. The molecule has 1 aliphatic rings. The Morgan fingerprint density at radius 2 is 1.73 bits per heavy atom. The molecule has 0 fully saturated rings. The van der Waals surface area contributed by atoms with Crippen LogP contribution < -0.4 is 4.90 Å². The average Bonchev–Trinajstić information content (AvgIpc) is 3.50. The first-order valence-electron chi connectivity index (χ1n) is 11.8. The Labute approximate surface area is 215 Å². The molecule has 2 aromatic carbocycles. The second-order valence-electron chi connectivity index (χ2n) is 9.23. The van der Waals surface area contributed by atoms with Gasteiger partial charge in [-0.2, -0.15) is 18.3 Å². The molecule has 0 amide bonds. The molecule has 0 saturated carbocycles. The molecule has 1 N–H and O–H groups in total. The molecule has 6 nitrogen and oxygen atoms in total. The summed E-state index contributed by atoms with van der Waals surface area (Å²) >= 11 is 6.47. The summed E-state index contributed by atoms with van der Waals surface area (Å²) in [5, 5.41) is 6.65. The van der Waals surface area contributed by atoms with Gasteiger partial charge in [0, 0.05) is 54.6 Å². The van der Waals surface area contributed by atoms with Gasteiger partial charge in [0.25, 0.3) is 0 Å². The van der Waals surface area contributed by atoms with Crippen molar-refractivity contribution in [2.24, 2.45) is 0 Å². The molecule has 6 rings (SSSR count). The van der Waals surface area contributed by atoms with E-state index in [2.05, 4.69) is 40.9 Å². The van der Waals surface area contributed by atoms with Gasteiger partial charge in [-0.3, -0.25) is 0 Å². The number of alkyl halides is 3. The predicted molar refractivity (Wildman–Crippen MR) is 137 cm³/mol. The molecular weight excluding hydrogens is 501 g/mol. The van der Waals surface area contributed by atoms with E-state index < -0.39 is 11.7 Å². The molecular formula is C27H22ClF3N6. The number of hydrogen-bond donors (Lipinski definition) is 1. The van der Waals surface area contributed by atoms with E-state index in [9.17, 15) is 13.2 Å². The molecule has 37 heavy (non-hydrogen) atoms. The van der Waals surface area contributed by atoms with Crippen LogP contribution >= 0.6 is 11.6 Å². The standard InChI is InChI=1S/C27H22ClF3N6/c1-15-4-3-5-16(2)24(15)37-25(19-6-7-21(28)23-18(19)8-10-32-23)20-14-36(11-9-22(20)35-37)26-33-12-17(13-34-26)27(29,30)31/h3-8,10,12-13,32H,9,11,14H2,1-2H3. The molecule has 4 heterocycles. The minimum atomic E-state index is -4.48. The van der Waals surface area contributed by atoms with Crippen molar-refractivity contribution in [2.45, 2.75) is 33.0 Å². The van der Waals surface area contributed by atoms with Crippen LogP contribution in [-0.4, -0.2) is 31.3 Å². The Bertz CT molecular complexity index is 1610. The first-order valence-corrected chi connectivity index (χ1v) is 12.2. The Morgan fingerprint density at radius 1 is 1.00 bits per heavy atom. The van der Waals surface area contributed by atoms with Crippen LogP contribution in [0.25, 0.3) is 27.8 Å². The summed E-state index contributed by atoms with van der Waals surface area (Å²) in [4.78, 5) is 13.2. The number of aromatic nitrogens is 5. The highest BCUT2D eigenvalue weighted by Gasteiger charge is 2.33. The van der Waals surface area contributed by atoms with E-state index in [0.717, 1.165) is 62.6 Å². The smallest absolute Gasteiger partial charge is 0.360 e. The SMILES string of the molecule is Cc1cccc(C)c1-n1nc2c(c1-c1ccc(Cl)c3[nH]ccc13)CN(c1ncc(C(F)(F)F)cn1)CC2. The van der Waals surface area contributed by atoms with Crippen molar-refractivity contribution in [3.8, 4) is 16.9 Å². The van der Waals surface area contributed by atoms with E-state index in [1.54, 1.807) is 0 Å². The van der Waals surface area contributed by atoms with Crippen LogP contribution in [0.1, 0.15) is 27.9 Å². The lowest BCUT2D eigenvalue weighted by molar-refractivity contribution is -0.138. The molecule has 1 aliphatic heterocycles. The molecule has 0 radical (unpaired) electrons. The number of rotatable bonds is 3. The van der Waals surface area contributed by atoms with Crippen molar-refractivity contribution < 1.29 is 13.2 Å². The first kappa shape index (κ1) is 23.5. The molecule has 5 aromatic rings. The summed E-state index contributed by atoms with van der Waals surface area (Å²) < 4.78 is 41.1. The highest BCUT2D eigenvalue weighted by Crippen LogP contribution is 2.40. The summed E-state index contributed by atoms with van der Waals surface area (Å²) in [5.74, 6) is 0.257. The van der Waals surface area contributed by atoms with Crippen LogP contribution in [0.4, 0.5) is 19.1 Å². The highest BCUT2D eigenvalue weighted by atomic mass is 35.5. The zero-order valence-electron chi connectivity index (χ0n) is 20.1. The third-order valence-electron chi connectivity index (χ3n) is 6.86. The molecule has 10 heteroatoms. The minimum Gasteiger partial charge on any atom is -0.360 e. The van der Waals surface area contributed by atoms with Gasteiger partial charge in [0.2, 0.25) is 5.95 Å². The number of H-pyrrole nitrogens is 1. The Hall–Kier alpha value is -3.85. The van der Waals surface area contributed by atoms with Gasteiger partial charge in [-0.1, -0.05) is 35.9 Å². The van der Waals surface area contributed by atoms with Crippen LogP contribution in [0, 0.1) is 13.8 Å². The summed E-state index contributed by atoms with van der Waals surface area (Å²) in [6.07, 6.45) is -0.351. The molecule has 0 spiro atoms. The van der Waals surface area contributed by atoms with Crippen molar-refractivity contribution in [1.82, 2.24) is 24.7 Å². The quantitative estimate of drug-likeness (QED) is 0.288. The van der Waals surface area contributed by atoms with E-state index in [1.165, 1.54) is 0 Å².